The summed E-state index contributed by atoms with van der Waals surface area (Å²) in [5, 5.41) is 0.986. The quantitative estimate of drug-likeness (QED) is 0.680. The summed E-state index contributed by atoms with van der Waals surface area (Å²) in [7, 11) is 1.93. The summed E-state index contributed by atoms with van der Waals surface area (Å²) in [6.45, 7) is 0.0601. The number of hydrogen-bond acceptors (Lipinski definition) is 2. The number of carbonyl (C=O) groups excluding carboxylic acids is 1. The molecule has 0 saturated carbocycles. The molecule has 2 rings (SSSR count). The average Bonchev–Trinajstić information content (AvgIpc) is 2.54. The molecule has 0 spiro atoms. The topological polar surface area (TPSA) is 48.0 Å². The molecule has 0 radical (unpaired) electrons. The highest BCUT2D eigenvalue weighted by Gasteiger charge is 2.12. The first kappa shape index (κ1) is 10.6. The fraction of sp³-hybridized carbons (Fsp3) is 0.182. The van der Waals surface area contributed by atoms with E-state index in [-0.39, 0.29) is 12.3 Å². The smallest absolute Gasteiger partial charge is 0.178 e. The Morgan fingerprint density at radius 3 is 2.93 bits per heavy atom. The number of benzene rings is 1. The van der Waals surface area contributed by atoms with Crippen LogP contribution in [0.4, 0.5) is 0 Å². The first-order valence-corrected chi connectivity index (χ1v) is 5.69. The molecule has 2 N–H and O–H groups in total. The normalized spacial score (nSPS) is 10.9. The number of nitrogens with zero attached hydrogens (tertiary/aromatic N) is 1. The molecule has 0 atom stereocenters. The molecule has 0 fully saturated rings. The van der Waals surface area contributed by atoms with Gasteiger partial charge in [0.05, 0.1) is 6.54 Å². The van der Waals surface area contributed by atoms with E-state index in [9.17, 15) is 4.79 Å². The van der Waals surface area contributed by atoms with Crippen LogP contribution < -0.4 is 5.73 Å². The van der Waals surface area contributed by atoms with Gasteiger partial charge in [0.1, 0.15) is 0 Å². The van der Waals surface area contributed by atoms with E-state index in [2.05, 4.69) is 22.6 Å². The van der Waals surface area contributed by atoms with Crippen molar-refractivity contribution < 1.29 is 4.79 Å². The van der Waals surface area contributed by atoms with Crippen molar-refractivity contribution in [1.82, 2.24) is 4.57 Å². The van der Waals surface area contributed by atoms with Gasteiger partial charge in [-0.25, -0.2) is 0 Å². The Balaban J connectivity index is 2.75. The molecule has 1 heterocycles. The third-order valence-electron chi connectivity index (χ3n) is 2.44. The Morgan fingerprint density at radius 1 is 1.53 bits per heavy atom. The Kier molecular flexibility index (Phi) is 2.79. The summed E-state index contributed by atoms with van der Waals surface area (Å²) in [6.07, 6.45) is 1.84. The number of halogens is 1. The average molecular weight is 314 g/mol. The van der Waals surface area contributed by atoms with Crippen LogP contribution >= 0.6 is 22.6 Å². The van der Waals surface area contributed by atoms with Crippen LogP contribution in [-0.2, 0) is 7.05 Å². The molecule has 0 aliphatic carbocycles. The number of fused-ring (bicyclic) bond motifs is 1. The Hall–Kier alpha value is -0.880. The number of aryl methyl sites for hydroxylation is 1. The number of nitrogens with two attached hydrogens (primary N) is 1. The van der Waals surface area contributed by atoms with Gasteiger partial charge in [0.25, 0.3) is 0 Å². The monoisotopic (exact) mass is 314 g/mol. The maximum atomic E-state index is 11.6. The molecular weight excluding hydrogens is 303 g/mol. The zero-order chi connectivity index (χ0) is 11.0. The predicted molar refractivity (Wildman–Crippen MR) is 69.0 cm³/mol. The minimum Gasteiger partial charge on any atom is -0.350 e. The Morgan fingerprint density at radius 2 is 2.27 bits per heavy atom. The highest BCUT2D eigenvalue weighted by molar-refractivity contribution is 14.1. The molecule has 0 amide bonds. The lowest BCUT2D eigenvalue weighted by atomic mass is 10.1. The van der Waals surface area contributed by atoms with Gasteiger partial charge in [-0.15, -0.1) is 0 Å². The summed E-state index contributed by atoms with van der Waals surface area (Å²) in [5.74, 6) is -0.0115. The number of aromatic nitrogens is 1. The van der Waals surface area contributed by atoms with Crippen LogP contribution in [0.2, 0.25) is 0 Å². The number of ketones is 1. The van der Waals surface area contributed by atoms with Crippen molar-refractivity contribution in [1.29, 1.82) is 0 Å². The SMILES string of the molecule is Cn1cc(C(=O)CN)c2cc(I)ccc21. The molecule has 4 heteroatoms. The van der Waals surface area contributed by atoms with Gasteiger partial charge in [-0.05, 0) is 40.8 Å². The molecule has 0 aliphatic heterocycles. The van der Waals surface area contributed by atoms with E-state index < -0.39 is 0 Å². The standard InChI is InChI=1S/C11H11IN2O/c1-14-6-9(11(15)5-13)8-4-7(12)2-3-10(8)14/h2-4,6H,5,13H2,1H3. The van der Waals surface area contributed by atoms with E-state index in [0.717, 1.165) is 14.5 Å². The fourth-order valence-electron chi connectivity index (χ4n) is 1.70. The second kappa shape index (κ2) is 3.94. The minimum atomic E-state index is -0.0115. The molecule has 0 aliphatic rings. The van der Waals surface area contributed by atoms with E-state index in [0.29, 0.717) is 5.56 Å². The molecule has 78 valence electrons. The molecule has 0 saturated heterocycles. The zero-order valence-corrected chi connectivity index (χ0v) is 10.5. The van der Waals surface area contributed by atoms with Crippen LogP contribution in [0.15, 0.2) is 24.4 Å². The molecule has 1 aromatic carbocycles. The van der Waals surface area contributed by atoms with E-state index >= 15 is 0 Å². The first-order chi connectivity index (χ1) is 7.13. The fourth-order valence-corrected chi connectivity index (χ4v) is 2.19. The van der Waals surface area contributed by atoms with Gasteiger partial charge in [-0.1, -0.05) is 0 Å². The van der Waals surface area contributed by atoms with Crippen molar-refractivity contribution in [2.45, 2.75) is 0 Å². The van der Waals surface area contributed by atoms with Crippen molar-refractivity contribution in [3.8, 4) is 0 Å². The second-order valence-electron chi connectivity index (χ2n) is 3.44. The largest absolute Gasteiger partial charge is 0.350 e. The van der Waals surface area contributed by atoms with Crippen LogP contribution in [0.25, 0.3) is 10.9 Å². The summed E-state index contributed by atoms with van der Waals surface area (Å²) < 4.78 is 3.08. The van der Waals surface area contributed by atoms with Crippen molar-refractivity contribution in [2.24, 2.45) is 12.8 Å². The summed E-state index contributed by atoms with van der Waals surface area (Å²) in [5.41, 5.74) is 7.16. The van der Waals surface area contributed by atoms with E-state index in [1.165, 1.54) is 0 Å². The molecule has 3 nitrogen and oxygen atoms in total. The first-order valence-electron chi connectivity index (χ1n) is 4.61. The van der Waals surface area contributed by atoms with Gasteiger partial charge in [0.15, 0.2) is 5.78 Å². The molecule has 2 aromatic rings. The number of carbonyl (C=O) groups is 1. The van der Waals surface area contributed by atoms with E-state index in [1.807, 2.05) is 36.0 Å². The Bertz CT molecular complexity index is 531. The lowest BCUT2D eigenvalue weighted by molar-refractivity contribution is 0.100. The number of Topliss-reactive ketones (excluding diaryl/α,β-unsaturated/α-hetero) is 1. The molecule has 15 heavy (non-hydrogen) atoms. The predicted octanol–water partition coefficient (Wildman–Crippen LogP) is 1.92. The maximum Gasteiger partial charge on any atom is 0.178 e. The zero-order valence-electron chi connectivity index (χ0n) is 8.33. The van der Waals surface area contributed by atoms with E-state index in [1.54, 1.807) is 0 Å². The highest BCUT2D eigenvalue weighted by Crippen LogP contribution is 2.23. The van der Waals surface area contributed by atoms with Gasteiger partial charge < -0.3 is 10.3 Å². The molecule has 0 bridgehead atoms. The number of rotatable bonds is 2. The van der Waals surface area contributed by atoms with Gasteiger partial charge in [0.2, 0.25) is 0 Å². The maximum absolute atomic E-state index is 11.6. The van der Waals surface area contributed by atoms with Crippen LogP contribution in [0.5, 0.6) is 0 Å². The molecule has 1 aromatic heterocycles. The van der Waals surface area contributed by atoms with Crippen molar-refractivity contribution in [2.75, 3.05) is 6.54 Å². The van der Waals surface area contributed by atoms with Crippen molar-refractivity contribution in [3.05, 3.63) is 33.5 Å². The second-order valence-corrected chi connectivity index (χ2v) is 4.69. The van der Waals surface area contributed by atoms with Crippen LogP contribution in [-0.4, -0.2) is 16.9 Å². The van der Waals surface area contributed by atoms with Gasteiger partial charge in [-0.2, -0.15) is 0 Å². The Labute approximate surface area is 101 Å². The van der Waals surface area contributed by atoms with Crippen LogP contribution in [0.3, 0.4) is 0 Å². The lowest BCUT2D eigenvalue weighted by Crippen LogP contribution is -2.13. The number of hydrogen-bond donors (Lipinski definition) is 1. The van der Waals surface area contributed by atoms with Gasteiger partial charge in [-0.3, -0.25) is 4.79 Å². The van der Waals surface area contributed by atoms with Crippen LogP contribution in [0, 0.1) is 3.57 Å². The highest BCUT2D eigenvalue weighted by atomic mass is 127. The summed E-state index contributed by atoms with van der Waals surface area (Å²) in [6, 6.07) is 6.06. The van der Waals surface area contributed by atoms with E-state index in [4.69, 9.17) is 5.73 Å². The van der Waals surface area contributed by atoms with Crippen molar-refractivity contribution in [3.63, 3.8) is 0 Å². The molecule has 0 unspecified atom stereocenters. The summed E-state index contributed by atoms with van der Waals surface area (Å²) in [4.78, 5) is 11.6. The lowest BCUT2D eigenvalue weighted by Gasteiger charge is -1.96. The van der Waals surface area contributed by atoms with Gasteiger partial charge in [0, 0.05) is 33.3 Å². The third-order valence-corrected chi connectivity index (χ3v) is 3.11. The third kappa shape index (κ3) is 1.79. The summed E-state index contributed by atoms with van der Waals surface area (Å²) >= 11 is 2.24. The van der Waals surface area contributed by atoms with Crippen molar-refractivity contribution >= 4 is 39.3 Å². The minimum absolute atomic E-state index is 0.0115. The van der Waals surface area contributed by atoms with Crippen LogP contribution in [0.1, 0.15) is 10.4 Å². The van der Waals surface area contributed by atoms with Gasteiger partial charge >= 0.3 is 0 Å². The molecular formula is C11H11IN2O.